The molecule has 0 N–H and O–H groups in total. The SMILES string of the molecule is O=C1c2c(Br)c(Br)c(Br)c(Br)c2C(=O)N1Cc1ccccc1. The second-order valence-corrected chi connectivity index (χ2v) is 7.86. The molecule has 0 aliphatic carbocycles. The molecule has 0 saturated carbocycles. The molecule has 2 aromatic carbocycles. The van der Waals surface area contributed by atoms with E-state index in [0.29, 0.717) is 29.0 Å². The first-order valence-corrected chi connectivity index (χ1v) is 9.36. The monoisotopic (exact) mass is 549 g/mol. The van der Waals surface area contributed by atoms with Gasteiger partial charge in [-0.1, -0.05) is 30.3 Å². The van der Waals surface area contributed by atoms with E-state index in [0.717, 1.165) is 5.56 Å². The maximum Gasteiger partial charge on any atom is 0.263 e. The van der Waals surface area contributed by atoms with Crippen LogP contribution < -0.4 is 0 Å². The Morgan fingerprint density at radius 2 is 1.18 bits per heavy atom. The summed E-state index contributed by atoms with van der Waals surface area (Å²) in [5.41, 5.74) is 1.66. The van der Waals surface area contributed by atoms with Gasteiger partial charge in [0.2, 0.25) is 0 Å². The van der Waals surface area contributed by atoms with Crippen molar-refractivity contribution in [1.29, 1.82) is 0 Å². The van der Waals surface area contributed by atoms with Crippen LogP contribution in [0.25, 0.3) is 0 Å². The Morgan fingerprint density at radius 3 is 1.64 bits per heavy atom. The van der Waals surface area contributed by atoms with Crippen molar-refractivity contribution in [2.75, 3.05) is 0 Å². The molecule has 0 bridgehead atoms. The van der Waals surface area contributed by atoms with Crippen molar-refractivity contribution in [1.82, 2.24) is 4.90 Å². The first kappa shape index (κ1) is 16.4. The molecule has 1 aliphatic heterocycles. The van der Waals surface area contributed by atoms with E-state index in [1.807, 2.05) is 30.3 Å². The van der Waals surface area contributed by atoms with Crippen molar-refractivity contribution in [3.05, 3.63) is 64.9 Å². The van der Waals surface area contributed by atoms with Crippen LogP contribution in [0, 0.1) is 0 Å². The van der Waals surface area contributed by atoms with Crippen LogP contribution in [-0.4, -0.2) is 16.7 Å². The van der Waals surface area contributed by atoms with E-state index in [-0.39, 0.29) is 18.4 Å². The van der Waals surface area contributed by atoms with Gasteiger partial charge in [0.25, 0.3) is 11.8 Å². The molecule has 0 saturated heterocycles. The van der Waals surface area contributed by atoms with Gasteiger partial charge in [-0.05, 0) is 69.3 Å². The van der Waals surface area contributed by atoms with Crippen molar-refractivity contribution in [2.24, 2.45) is 0 Å². The van der Waals surface area contributed by atoms with Crippen molar-refractivity contribution < 1.29 is 9.59 Å². The van der Waals surface area contributed by atoms with E-state index in [2.05, 4.69) is 63.7 Å². The highest BCUT2D eigenvalue weighted by molar-refractivity contribution is 9.15. The summed E-state index contributed by atoms with van der Waals surface area (Å²) in [4.78, 5) is 26.6. The number of carbonyl (C=O) groups is 2. The molecule has 0 radical (unpaired) electrons. The van der Waals surface area contributed by atoms with Crippen LogP contribution in [0.5, 0.6) is 0 Å². The van der Waals surface area contributed by atoms with Gasteiger partial charge in [-0.15, -0.1) is 0 Å². The van der Waals surface area contributed by atoms with Gasteiger partial charge in [-0.3, -0.25) is 14.5 Å². The molecule has 3 nitrogen and oxygen atoms in total. The second kappa shape index (κ2) is 6.19. The van der Waals surface area contributed by atoms with Crippen LogP contribution in [0.1, 0.15) is 26.3 Å². The maximum atomic E-state index is 12.7. The van der Waals surface area contributed by atoms with Crippen LogP contribution in [0.2, 0.25) is 0 Å². The molecular weight excluding hydrogens is 546 g/mol. The molecule has 2 amide bonds. The summed E-state index contributed by atoms with van der Waals surface area (Å²) in [6.45, 7) is 0.251. The minimum atomic E-state index is -0.301. The van der Waals surface area contributed by atoms with Crippen LogP contribution in [0.3, 0.4) is 0 Å². The largest absolute Gasteiger partial charge is 0.270 e. The Kier molecular flexibility index (Phi) is 4.60. The van der Waals surface area contributed by atoms with E-state index < -0.39 is 0 Å². The lowest BCUT2D eigenvalue weighted by atomic mass is 10.1. The quantitative estimate of drug-likeness (QED) is 0.279. The first-order chi connectivity index (χ1) is 10.4. The Bertz CT molecular complexity index is 758. The molecule has 7 heteroatoms. The van der Waals surface area contributed by atoms with Crippen LogP contribution in [0.4, 0.5) is 0 Å². The normalized spacial score (nSPS) is 13.7. The molecule has 2 aromatic rings. The second-order valence-electron chi connectivity index (χ2n) is 4.69. The zero-order valence-corrected chi connectivity index (χ0v) is 17.2. The van der Waals surface area contributed by atoms with Crippen LogP contribution >= 0.6 is 63.7 Å². The zero-order valence-electron chi connectivity index (χ0n) is 10.9. The highest BCUT2D eigenvalue weighted by Crippen LogP contribution is 2.45. The molecule has 0 aromatic heterocycles. The predicted octanol–water partition coefficient (Wildman–Crippen LogP) is 5.53. The van der Waals surface area contributed by atoms with Crippen molar-refractivity contribution in [3.63, 3.8) is 0 Å². The highest BCUT2D eigenvalue weighted by Gasteiger charge is 2.40. The summed E-state index contributed by atoms with van der Waals surface area (Å²) in [5.74, 6) is -0.603. The van der Waals surface area contributed by atoms with Crippen LogP contribution in [0.15, 0.2) is 48.2 Å². The summed E-state index contributed by atoms with van der Waals surface area (Å²) in [6.07, 6.45) is 0. The number of benzene rings is 2. The Morgan fingerprint density at radius 1 is 0.727 bits per heavy atom. The van der Waals surface area contributed by atoms with Gasteiger partial charge in [0.15, 0.2) is 0 Å². The molecule has 0 spiro atoms. The molecule has 1 aliphatic rings. The van der Waals surface area contributed by atoms with E-state index in [1.54, 1.807) is 0 Å². The maximum absolute atomic E-state index is 12.7. The number of amides is 2. The van der Waals surface area contributed by atoms with Gasteiger partial charge in [0, 0.05) is 17.9 Å². The Labute approximate surface area is 160 Å². The molecule has 22 heavy (non-hydrogen) atoms. The van der Waals surface area contributed by atoms with Gasteiger partial charge in [0.1, 0.15) is 0 Å². The lowest BCUT2D eigenvalue weighted by Crippen LogP contribution is -2.29. The average molecular weight is 553 g/mol. The number of fused-ring (bicyclic) bond motifs is 1. The van der Waals surface area contributed by atoms with Crippen molar-refractivity contribution in [2.45, 2.75) is 6.54 Å². The number of rotatable bonds is 2. The first-order valence-electron chi connectivity index (χ1n) is 6.19. The zero-order chi connectivity index (χ0) is 16.0. The molecule has 3 rings (SSSR count). The number of hydrogen-bond donors (Lipinski definition) is 0. The predicted molar refractivity (Wildman–Crippen MR) is 97.9 cm³/mol. The third-order valence-electron chi connectivity index (χ3n) is 3.37. The van der Waals surface area contributed by atoms with Crippen molar-refractivity contribution in [3.8, 4) is 0 Å². The van der Waals surface area contributed by atoms with Crippen molar-refractivity contribution >= 4 is 75.5 Å². The topological polar surface area (TPSA) is 37.4 Å². The molecular formula is C15H7Br4NO2. The van der Waals surface area contributed by atoms with E-state index in [1.165, 1.54) is 4.90 Å². The highest BCUT2D eigenvalue weighted by atomic mass is 79.9. The van der Waals surface area contributed by atoms with E-state index in [9.17, 15) is 9.59 Å². The fraction of sp³-hybridized carbons (Fsp3) is 0.0667. The van der Waals surface area contributed by atoms with Gasteiger partial charge in [-0.2, -0.15) is 0 Å². The fourth-order valence-corrected chi connectivity index (χ4v) is 4.76. The molecule has 1 heterocycles. The summed E-state index contributed by atoms with van der Waals surface area (Å²) in [6, 6.07) is 9.44. The summed E-state index contributed by atoms with van der Waals surface area (Å²) in [5, 5.41) is 0. The number of imide groups is 1. The Balaban J connectivity index is 2.10. The third-order valence-corrected chi connectivity index (χ3v) is 8.14. The number of hydrogen-bond acceptors (Lipinski definition) is 2. The molecule has 0 unspecified atom stereocenters. The fourth-order valence-electron chi connectivity index (χ4n) is 2.31. The minimum Gasteiger partial charge on any atom is -0.270 e. The number of halogens is 4. The lowest BCUT2D eigenvalue weighted by molar-refractivity contribution is 0.0642. The standard InChI is InChI=1S/C15H7Br4NO2/c16-10-8-9(11(17)13(19)12(10)18)15(22)20(14(8)21)6-7-4-2-1-3-5-7/h1-5H,6H2. The minimum absolute atomic E-state index is 0.251. The summed E-state index contributed by atoms with van der Waals surface area (Å²) < 4.78 is 2.54. The van der Waals surface area contributed by atoms with Gasteiger partial charge in [-0.25, -0.2) is 0 Å². The lowest BCUT2D eigenvalue weighted by Gasteiger charge is -2.13. The molecule has 0 atom stereocenters. The summed E-state index contributed by atoms with van der Waals surface area (Å²) in [7, 11) is 0. The number of carbonyl (C=O) groups excluding carboxylic acids is 2. The van der Waals surface area contributed by atoms with E-state index >= 15 is 0 Å². The third kappa shape index (κ3) is 2.52. The van der Waals surface area contributed by atoms with Gasteiger partial charge in [0.05, 0.1) is 17.7 Å². The number of nitrogens with zero attached hydrogens (tertiary/aromatic N) is 1. The Hall–Kier alpha value is -0.500. The van der Waals surface area contributed by atoms with Gasteiger partial charge >= 0.3 is 0 Å². The average Bonchev–Trinajstić information content (AvgIpc) is 2.76. The smallest absolute Gasteiger partial charge is 0.263 e. The summed E-state index contributed by atoms with van der Waals surface area (Å²) >= 11 is 13.6. The van der Waals surface area contributed by atoms with Gasteiger partial charge < -0.3 is 0 Å². The molecule has 0 fully saturated rings. The van der Waals surface area contributed by atoms with E-state index in [4.69, 9.17) is 0 Å². The van der Waals surface area contributed by atoms with Crippen LogP contribution in [-0.2, 0) is 6.54 Å². The molecule has 112 valence electrons.